The van der Waals surface area contributed by atoms with E-state index in [0.29, 0.717) is 4.88 Å². The summed E-state index contributed by atoms with van der Waals surface area (Å²) >= 11 is 3.09. The van der Waals surface area contributed by atoms with Gasteiger partial charge >= 0.3 is 0 Å². The number of aromatic nitrogens is 1. The largest absolute Gasteiger partial charge is 0.378 e. The maximum absolute atomic E-state index is 12.2. The number of morpholine rings is 1. The minimum atomic E-state index is -0.154. The molecule has 3 heterocycles. The lowest BCUT2D eigenvalue weighted by Gasteiger charge is -2.25. The van der Waals surface area contributed by atoms with Crippen LogP contribution in [0.4, 0.5) is 10.8 Å². The predicted octanol–water partition coefficient (Wildman–Crippen LogP) is 4.10. The lowest BCUT2D eigenvalue weighted by atomic mass is 10.2. The van der Waals surface area contributed by atoms with Crippen molar-refractivity contribution in [2.24, 2.45) is 0 Å². The SMILES string of the molecule is Cc1ccc(C(=O)CCC(=O)Nc2ccc3nc(N4CCOCC4)sc3c2)s1. The molecular weight excluding hydrogens is 394 g/mol. The Morgan fingerprint density at radius 3 is 2.71 bits per heavy atom. The number of rotatable bonds is 6. The van der Waals surface area contributed by atoms with Crippen molar-refractivity contribution < 1.29 is 14.3 Å². The monoisotopic (exact) mass is 415 g/mol. The Balaban J connectivity index is 1.37. The number of aryl methyl sites for hydroxylation is 1. The Kier molecular flexibility index (Phi) is 5.70. The zero-order valence-corrected chi connectivity index (χ0v) is 17.2. The molecule has 0 unspecified atom stereocenters. The van der Waals surface area contributed by atoms with E-state index in [0.717, 1.165) is 52.2 Å². The molecule has 28 heavy (non-hydrogen) atoms. The number of ketones is 1. The maximum Gasteiger partial charge on any atom is 0.224 e. The normalized spacial score (nSPS) is 14.4. The molecule has 146 valence electrons. The van der Waals surface area contributed by atoms with Gasteiger partial charge in [0.15, 0.2) is 10.9 Å². The number of amides is 1. The van der Waals surface area contributed by atoms with Gasteiger partial charge in [-0.2, -0.15) is 0 Å². The van der Waals surface area contributed by atoms with Crippen LogP contribution in [0, 0.1) is 6.92 Å². The van der Waals surface area contributed by atoms with Crippen LogP contribution in [0.15, 0.2) is 30.3 Å². The molecule has 0 spiro atoms. The highest BCUT2D eigenvalue weighted by Gasteiger charge is 2.16. The van der Waals surface area contributed by atoms with Crippen LogP contribution in [0.5, 0.6) is 0 Å². The van der Waals surface area contributed by atoms with Crippen molar-refractivity contribution in [1.29, 1.82) is 0 Å². The van der Waals surface area contributed by atoms with E-state index in [4.69, 9.17) is 4.74 Å². The van der Waals surface area contributed by atoms with Gasteiger partial charge in [-0.25, -0.2) is 4.98 Å². The third kappa shape index (κ3) is 4.40. The highest BCUT2D eigenvalue weighted by molar-refractivity contribution is 7.22. The number of fused-ring (bicyclic) bond motifs is 1. The number of nitrogens with zero attached hydrogens (tertiary/aromatic N) is 2. The highest BCUT2D eigenvalue weighted by atomic mass is 32.1. The van der Waals surface area contributed by atoms with Crippen LogP contribution in [0.25, 0.3) is 10.2 Å². The third-order valence-electron chi connectivity index (χ3n) is 4.54. The van der Waals surface area contributed by atoms with E-state index in [2.05, 4.69) is 15.2 Å². The smallest absolute Gasteiger partial charge is 0.224 e. The van der Waals surface area contributed by atoms with Gasteiger partial charge in [-0.1, -0.05) is 11.3 Å². The molecule has 0 radical (unpaired) electrons. The molecule has 1 aromatic carbocycles. The van der Waals surface area contributed by atoms with Crippen LogP contribution in [-0.2, 0) is 9.53 Å². The third-order valence-corrected chi connectivity index (χ3v) is 6.66. The second-order valence-corrected chi connectivity index (χ2v) is 8.96. The van der Waals surface area contributed by atoms with Crippen molar-refractivity contribution in [3.8, 4) is 0 Å². The number of hydrogen-bond donors (Lipinski definition) is 1. The quantitative estimate of drug-likeness (QED) is 0.614. The van der Waals surface area contributed by atoms with E-state index in [1.165, 1.54) is 11.3 Å². The van der Waals surface area contributed by atoms with Crippen molar-refractivity contribution in [3.63, 3.8) is 0 Å². The number of anilines is 2. The van der Waals surface area contributed by atoms with Gasteiger partial charge < -0.3 is 15.0 Å². The van der Waals surface area contributed by atoms with E-state index in [-0.39, 0.29) is 24.5 Å². The molecule has 4 rings (SSSR count). The van der Waals surface area contributed by atoms with E-state index >= 15 is 0 Å². The molecular formula is C20H21N3O3S2. The van der Waals surface area contributed by atoms with E-state index in [9.17, 15) is 9.59 Å². The van der Waals surface area contributed by atoms with Gasteiger partial charge in [0.25, 0.3) is 0 Å². The number of carbonyl (C=O) groups excluding carboxylic acids is 2. The fourth-order valence-electron chi connectivity index (χ4n) is 3.04. The van der Waals surface area contributed by atoms with E-state index in [1.807, 2.05) is 37.3 Å². The number of nitrogens with one attached hydrogen (secondary N) is 1. The lowest BCUT2D eigenvalue weighted by molar-refractivity contribution is -0.116. The number of thiazole rings is 1. The molecule has 1 N–H and O–H groups in total. The Hall–Kier alpha value is -2.29. The fourth-order valence-corrected chi connectivity index (χ4v) is 4.93. The zero-order valence-electron chi connectivity index (χ0n) is 15.6. The van der Waals surface area contributed by atoms with Gasteiger partial charge in [-0.15, -0.1) is 11.3 Å². The predicted molar refractivity (Wildman–Crippen MR) is 114 cm³/mol. The standard InChI is InChI=1S/C20H21N3O3S2/c1-13-2-6-17(27-13)16(24)5-7-19(25)21-14-3-4-15-18(12-14)28-20(22-15)23-8-10-26-11-9-23/h2-4,6,12H,5,7-11H2,1H3,(H,21,25). The van der Waals surface area contributed by atoms with Gasteiger partial charge in [0.1, 0.15) is 0 Å². The Labute approximate surface area is 171 Å². The van der Waals surface area contributed by atoms with Crippen LogP contribution in [-0.4, -0.2) is 43.0 Å². The number of thiophene rings is 1. The molecule has 3 aromatic rings. The number of ether oxygens (including phenoxy) is 1. The Morgan fingerprint density at radius 2 is 1.96 bits per heavy atom. The summed E-state index contributed by atoms with van der Waals surface area (Å²) in [5.74, 6) is -0.139. The number of carbonyl (C=O) groups is 2. The summed E-state index contributed by atoms with van der Waals surface area (Å²) in [5, 5.41) is 3.88. The second-order valence-electron chi connectivity index (χ2n) is 6.66. The van der Waals surface area contributed by atoms with Crippen LogP contribution in [0.1, 0.15) is 27.4 Å². The molecule has 6 nitrogen and oxygen atoms in total. The first-order chi connectivity index (χ1) is 13.6. The molecule has 0 bridgehead atoms. The summed E-state index contributed by atoms with van der Waals surface area (Å²) in [5.41, 5.74) is 1.65. The molecule has 1 amide bonds. The molecule has 1 aliphatic rings. The van der Waals surface area contributed by atoms with Crippen LogP contribution < -0.4 is 10.2 Å². The summed E-state index contributed by atoms with van der Waals surface area (Å²) < 4.78 is 6.42. The van der Waals surface area contributed by atoms with Crippen molar-refractivity contribution in [1.82, 2.24) is 4.98 Å². The molecule has 0 aliphatic carbocycles. The van der Waals surface area contributed by atoms with E-state index < -0.39 is 0 Å². The second kappa shape index (κ2) is 8.38. The summed E-state index contributed by atoms with van der Waals surface area (Å²) in [6.07, 6.45) is 0.394. The number of hydrogen-bond acceptors (Lipinski definition) is 7. The van der Waals surface area contributed by atoms with Crippen molar-refractivity contribution in [3.05, 3.63) is 40.1 Å². The van der Waals surface area contributed by atoms with Gasteiger partial charge in [0.05, 0.1) is 28.3 Å². The van der Waals surface area contributed by atoms with Gasteiger partial charge in [0.2, 0.25) is 5.91 Å². The lowest BCUT2D eigenvalue weighted by Crippen LogP contribution is -2.36. The molecule has 2 aromatic heterocycles. The first-order valence-corrected chi connectivity index (χ1v) is 10.8. The van der Waals surface area contributed by atoms with Crippen LogP contribution in [0.2, 0.25) is 0 Å². The zero-order chi connectivity index (χ0) is 19.5. The molecule has 0 atom stereocenters. The van der Waals surface area contributed by atoms with Crippen molar-refractivity contribution >= 4 is 55.4 Å². The maximum atomic E-state index is 12.2. The first-order valence-electron chi connectivity index (χ1n) is 9.21. The van der Waals surface area contributed by atoms with Gasteiger partial charge in [0, 0.05) is 36.5 Å². The van der Waals surface area contributed by atoms with Crippen molar-refractivity contribution in [2.45, 2.75) is 19.8 Å². The van der Waals surface area contributed by atoms with E-state index in [1.54, 1.807) is 11.3 Å². The molecule has 1 aliphatic heterocycles. The summed E-state index contributed by atoms with van der Waals surface area (Å²) in [7, 11) is 0. The Morgan fingerprint density at radius 1 is 1.14 bits per heavy atom. The summed E-state index contributed by atoms with van der Waals surface area (Å²) in [4.78, 5) is 33.1. The number of benzene rings is 1. The topological polar surface area (TPSA) is 71.5 Å². The molecule has 0 saturated carbocycles. The average molecular weight is 416 g/mol. The summed E-state index contributed by atoms with van der Waals surface area (Å²) in [6, 6.07) is 9.47. The Bertz CT molecular complexity index is 1010. The fraction of sp³-hybridized carbons (Fsp3) is 0.350. The van der Waals surface area contributed by atoms with Crippen LogP contribution >= 0.6 is 22.7 Å². The summed E-state index contributed by atoms with van der Waals surface area (Å²) in [6.45, 7) is 5.11. The molecule has 1 saturated heterocycles. The molecule has 8 heteroatoms. The highest BCUT2D eigenvalue weighted by Crippen LogP contribution is 2.31. The minimum absolute atomic E-state index is 0.0151. The van der Waals surface area contributed by atoms with Crippen LogP contribution in [0.3, 0.4) is 0 Å². The average Bonchev–Trinajstić information content (AvgIpc) is 3.33. The first kappa shape index (κ1) is 19.0. The van der Waals surface area contributed by atoms with Gasteiger partial charge in [-0.05, 0) is 37.3 Å². The van der Waals surface area contributed by atoms with Gasteiger partial charge in [-0.3, -0.25) is 9.59 Å². The minimum Gasteiger partial charge on any atom is -0.378 e. The molecule has 1 fully saturated rings. The number of Topliss-reactive ketones (excluding diaryl/α,β-unsaturated/α-hetero) is 1. The van der Waals surface area contributed by atoms with Crippen molar-refractivity contribution in [2.75, 3.05) is 36.5 Å².